The Kier molecular flexibility index (Phi) is 5.60. The molecular weight excluding hydrogens is 224 g/mol. The summed E-state index contributed by atoms with van der Waals surface area (Å²) in [5.74, 6) is 0. The van der Waals surface area contributed by atoms with E-state index in [1.165, 1.54) is 0 Å². The summed E-state index contributed by atoms with van der Waals surface area (Å²) in [5.41, 5.74) is 3.32. The summed E-state index contributed by atoms with van der Waals surface area (Å²) in [4.78, 5) is 6.49. The van der Waals surface area contributed by atoms with Crippen LogP contribution in [0.1, 0.15) is 29.8 Å². The Bertz CT molecular complexity index is 432. The summed E-state index contributed by atoms with van der Waals surface area (Å²) in [6.45, 7) is 5.82. The summed E-state index contributed by atoms with van der Waals surface area (Å²) in [6.07, 6.45) is 2.26. The van der Waals surface area contributed by atoms with Crippen LogP contribution in [0.2, 0.25) is 0 Å². The maximum Gasteiger partial charge on any atom is 0.103 e. The number of hydrogen-bond donors (Lipinski definition) is 1. The zero-order chi connectivity index (χ0) is 13.5. The molecule has 1 rings (SSSR count). The molecule has 98 valence electrons. The number of nitrogens with one attached hydrogen (secondary N) is 1. The van der Waals surface area contributed by atoms with Crippen LogP contribution in [-0.2, 0) is 0 Å². The molecule has 0 saturated carbocycles. The molecule has 1 N–H and O–H groups in total. The molecule has 4 nitrogen and oxygen atoms in total. The lowest BCUT2D eigenvalue weighted by Crippen LogP contribution is -2.14. The van der Waals surface area contributed by atoms with Gasteiger partial charge in [-0.1, -0.05) is 0 Å². The van der Waals surface area contributed by atoms with E-state index < -0.39 is 0 Å². The first kappa shape index (κ1) is 14.5. The number of nitriles is 1. The maximum atomic E-state index is 9.13. The molecule has 1 heterocycles. The highest BCUT2D eigenvalue weighted by Crippen LogP contribution is 2.18. The van der Waals surface area contributed by atoms with Crippen LogP contribution in [0.15, 0.2) is 6.07 Å². The molecule has 0 aromatic carbocycles. The normalized spacial score (nSPS) is 10.4. The van der Waals surface area contributed by atoms with Crippen molar-refractivity contribution in [1.29, 1.82) is 5.26 Å². The fourth-order valence-electron chi connectivity index (χ4n) is 1.89. The van der Waals surface area contributed by atoms with Crippen molar-refractivity contribution in [3.8, 4) is 6.07 Å². The minimum Gasteiger partial charge on any atom is -0.384 e. The van der Waals surface area contributed by atoms with Gasteiger partial charge in [0.1, 0.15) is 6.07 Å². The molecule has 0 fully saturated rings. The second kappa shape index (κ2) is 6.97. The molecule has 0 radical (unpaired) electrons. The van der Waals surface area contributed by atoms with Crippen LogP contribution in [0.4, 0.5) is 5.69 Å². The number of hydrogen-bond acceptors (Lipinski definition) is 4. The van der Waals surface area contributed by atoms with Crippen LogP contribution in [-0.4, -0.2) is 37.1 Å². The van der Waals surface area contributed by atoms with Gasteiger partial charge < -0.3 is 10.2 Å². The second-order valence-electron chi connectivity index (χ2n) is 4.82. The average Bonchev–Trinajstić information content (AvgIpc) is 2.27. The minimum absolute atomic E-state index is 0.660. The van der Waals surface area contributed by atoms with Crippen molar-refractivity contribution in [3.63, 3.8) is 0 Å². The molecule has 0 spiro atoms. The molecule has 0 atom stereocenters. The quantitative estimate of drug-likeness (QED) is 0.783. The molecular formula is C14H22N4. The van der Waals surface area contributed by atoms with E-state index in [4.69, 9.17) is 5.26 Å². The van der Waals surface area contributed by atoms with Gasteiger partial charge in [-0.05, 0) is 53.4 Å². The lowest BCUT2D eigenvalue weighted by Gasteiger charge is -2.12. The summed E-state index contributed by atoms with van der Waals surface area (Å²) in [7, 11) is 4.16. The lowest BCUT2D eigenvalue weighted by molar-refractivity contribution is 0.396. The number of pyridine rings is 1. The van der Waals surface area contributed by atoms with E-state index in [-0.39, 0.29) is 0 Å². The topological polar surface area (TPSA) is 52.0 Å². The van der Waals surface area contributed by atoms with Gasteiger partial charge in [-0.15, -0.1) is 0 Å². The standard InChI is InChI=1S/C14H22N4/c1-11-9-14(13(10-15)12(2)17-11)16-7-5-6-8-18(3)4/h9H,5-8H2,1-4H3,(H,16,17). The van der Waals surface area contributed by atoms with Crippen molar-refractivity contribution in [1.82, 2.24) is 9.88 Å². The summed E-state index contributed by atoms with van der Waals surface area (Å²) in [6, 6.07) is 4.16. The minimum atomic E-state index is 0.660. The van der Waals surface area contributed by atoms with Crippen molar-refractivity contribution in [3.05, 3.63) is 23.0 Å². The van der Waals surface area contributed by atoms with Gasteiger partial charge in [0.05, 0.1) is 16.9 Å². The fourth-order valence-corrected chi connectivity index (χ4v) is 1.89. The number of aryl methyl sites for hydroxylation is 2. The predicted molar refractivity (Wildman–Crippen MR) is 74.7 cm³/mol. The molecule has 0 aliphatic rings. The smallest absolute Gasteiger partial charge is 0.103 e. The molecule has 0 aliphatic heterocycles. The van der Waals surface area contributed by atoms with Crippen LogP contribution in [0.3, 0.4) is 0 Å². The number of aromatic nitrogens is 1. The third-order valence-electron chi connectivity index (χ3n) is 2.79. The van der Waals surface area contributed by atoms with Gasteiger partial charge in [-0.25, -0.2) is 0 Å². The van der Waals surface area contributed by atoms with Crippen LogP contribution in [0.25, 0.3) is 0 Å². The summed E-state index contributed by atoms with van der Waals surface area (Å²) >= 11 is 0. The third kappa shape index (κ3) is 4.34. The van der Waals surface area contributed by atoms with Crippen LogP contribution in [0.5, 0.6) is 0 Å². The Hall–Kier alpha value is -1.60. The zero-order valence-corrected chi connectivity index (χ0v) is 11.7. The highest BCUT2D eigenvalue weighted by Gasteiger charge is 2.07. The fraction of sp³-hybridized carbons (Fsp3) is 0.571. The average molecular weight is 246 g/mol. The first-order valence-corrected chi connectivity index (χ1v) is 6.31. The summed E-state index contributed by atoms with van der Waals surface area (Å²) < 4.78 is 0. The van der Waals surface area contributed by atoms with Crippen molar-refractivity contribution < 1.29 is 0 Å². The van der Waals surface area contributed by atoms with Gasteiger partial charge in [-0.2, -0.15) is 5.26 Å². The SMILES string of the molecule is Cc1cc(NCCCCN(C)C)c(C#N)c(C)n1. The van der Waals surface area contributed by atoms with Crippen LogP contribution in [0, 0.1) is 25.2 Å². The van der Waals surface area contributed by atoms with E-state index >= 15 is 0 Å². The first-order valence-electron chi connectivity index (χ1n) is 6.31. The molecule has 0 aliphatic carbocycles. The Morgan fingerprint density at radius 3 is 2.67 bits per heavy atom. The molecule has 0 saturated heterocycles. The van der Waals surface area contributed by atoms with E-state index in [1.54, 1.807) is 0 Å². The Morgan fingerprint density at radius 1 is 1.33 bits per heavy atom. The van der Waals surface area contributed by atoms with Crippen molar-refractivity contribution >= 4 is 5.69 Å². The highest BCUT2D eigenvalue weighted by atomic mass is 15.0. The number of rotatable bonds is 6. The number of anilines is 1. The second-order valence-corrected chi connectivity index (χ2v) is 4.82. The van der Waals surface area contributed by atoms with E-state index in [1.807, 2.05) is 19.9 Å². The Balaban J connectivity index is 2.54. The molecule has 18 heavy (non-hydrogen) atoms. The predicted octanol–water partition coefficient (Wildman–Crippen LogP) is 2.32. The number of unbranched alkanes of at least 4 members (excludes halogenated alkanes) is 1. The van der Waals surface area contributed by atoms with Crippen LogP contribution < -0.4 is 5.32 Å². The third-order valence-corrected chi connectivity index (χ3v) is 2.79. The van der Waals surface area contributed by atoms with E-state index in [2.05, 4.69) is 35.4 Å². The molecule has 0 unspecified atom stereocenters. The van der Waals surface area contributed by atoms with Gasteiger partial charge in [0.15, 0.2) is 0 Å². The van der Waals surface area contributed by atoms with Gasteiger partial charge >= 0.3 is 0 Å². The van der Waals surface area contributed by atoms with Gasteiger partial charge in [0.25, 0.3) is 0 Å². The van der Waals surface area contributed by atoms with Crippen LogP contribution >= 0.6 is 0 Å². The first-order chi connectivity index (χ1) is 8.54. The highest BCUT2D eigenvalue weighted by molar-refractivity contribution is 5.59. The Labute approximate surface area is 110 Å². The maximum absolute atomic E-state index is 9.13. The molecule has 1 aromatic heterocycles. The zero-order valence-electron chi connectivity index (χ0n) is 11.7. The van der Waals surface area contributed by atoms with Crippen molar-refractivity contribution in [2.75, 3.05) is 32.5 Å². The molecule has 1 aromatic rings. The van der Waals surface area contributed by atoms with Gasteiger partial charge in [0.2, 0.25) is 0 Å². The molecule has 0 bridgehead atoms. The van der Waals surface area contributed by atoms with E-state index in [9.17, 15) is 0 Å². The van der Waals surface area contributed by atoms with Crippen molar-refractivity contribution in [2.45, 2.75) is 26.7 Å². The monoisotopic (exact) mass is 246 g/mol. The van der Waals surface area contributed by atoms with E-state index in [0.29, 0.717) is 5.56 Å². The van der Waals surface area contributed by atoms with Gasteiger partial charge in [0, 0.05) is 12.2 Å². The largest absolute Gasteiger partial charge is 0.384 e. The van der Waals surface area contributed by atoms with Crippen molar-refractivity contribution in [2.24, 2.45) is 0 Å². The lowest BCUT2D eigenvalue weighted by atomic mass is 10.1. The van der Waals surface area contributed by atoms with Gasteiger partial charge in [-0.3, -0.25) is 4.98 Å². The summed E-state index contributed by atoms with van der Waals surface area (Å²) in [5, 5.41) is 12.5. The molecule has 4 heteroatoms. The van der Waals surface area contributed by atoms with E-state index in [0.717, 1.165) is 43.0 Å². The Morgan fingerprint density at radius 2 is 2.06 bits per heavy atom. The number of nitrogens with zero attached hydrogens (tertiary/aromatic N) is 3. The molecule has 0 amide bonds.